The molecule has 2 rings (SSSR count). The van der Waals surface area contributed by atoms with Gasteiger partial charge < -0.3 is 35.6 Å². The Morgan fingerprint density at radius 3 is 2.27 bits per heavy atom. The molecule has 0 spiro atoms. The van der Waals surface area contributed by atoms with Crippen LogP contribution in [0.3, 0.4) is 0 Å². The predicted octanol–water partition coefficient (Wildman–Crippen LogP) is 0.344. The van der Waals surface area contributed by atoms with Crippen molar-refractivity contribution in [2.24, 2.45) is 5.92 Å². The van der Waals surface area contributed by atoms with Crippen LogP contribution < -0.4 is 5.32 Å². The van der Waals surface area contributed by atoms with E-state index in [0.29, 0.717) is 12.5 Å². The Labute approximate surface area is 208 Å². The molecule has 0 saturated carbocycles. The van der Waals surface area contributed by atoms with Crippen molar-refractivity contribution >= 4 is 30.1 Å². The van der Waals surface area contributed by atoms with Crippen molar-refractivity contribution in [2.75, 3.05) is 26.5 Å². The molecule has 0 aromatic rings. The number of nitrogens with one attached hydrogen (secondary N) is 1. The van der Waals surface area contributed by atoms with Gasteiger partial charge in [0.25, 0.3) is 0 Å². The third-order valence-electron chi connectivity index (χ3n) is 6.17. The van der Waals surface area contributed by atoms with Gasteiger partial charge in [-0.15, -0.1) is 24.2 Å². The van der Waals surface area contributed by atoms with E-state index < -0.39 is 42.0 Å². The first-order chi connectivity index (χ1) is 15.1. The third-order valence-corrected chi connectivity index (χ3v) is 7.02. The van der Waals surface area contributed by atoms with E-state index in [9.17, 15) is 25.2 Å². The Morgan fingerprint density at radius 2 is 1.82 bits per heavy atom. The highest BCUT2D eigenvalue weighted by atomic mass is 35.5. The van der Waals surface area contributed by atoms with Gasteiger partial charge in [0.05, 0.1) is 18.2 Å². The molecule has 9 atom stereocenters. The number of likely N-dealkylation sites (tertiary alicyclic amines) is 1. The van der Waals surface area contributed by atoms with Gasteiger partial charge in [0, 0.05) is 13.2 Å². The van der Waals surface area contributed by atoms with Gasteiger partial charge >= 0.3 is 0 Å². The summed E-state index contributed by atoms with van der Waals surface area (Å²) in [5.74, 6) is 0.245. The summed E-state index contributed by atoms with van der Waals surface area (Å²) in [6, 6.07) is -1.20. The number of ether oxygens (including phenoxy) is 1. The molecule has 0 bridgehead atoms. The monoisotopic (exact) mass is 516 g/mol. The lowest BCUT2D eigenvalue weighted by Gasteiger charge is -2.44. The number of aliphatic hydroxyl groups is 5. The first kappa shape index (κ1) is 32.8. The Balaban J connectivity index is 0.00000154. The Bertz CT molecular complexity index is 545. The van der Waals surface area contributed by atoms with Crippen LogP contribution in [0.25, 0.3) is 0 Å². The van der Waals surface area contributed by atoms with Gasteiger partial charge in [-0.1, -0.05) is 26.7 Å². The molecule has 11 heteroatoms. The molecule has 2 aliphatic rings. The fraction of sp³-hybridized carbons (Fsp3) is 0.955. The second-order valence-corrected chi connectivity index (χ2v) is 9.81. The summed E-state index contributed by atoms with van der Waals surface area (Å²) in [4.78, 5) is 14.9. The van der Waals surface area contributed by atoms with Crippen molar-refractivity contribution in [3.05, 3.63) is 0 Å². The summed E-state index contributed by atoms with van der Waals surface area (Å²) in [6.45, 7) is 6.88. The van der Waals surface area contributed by atoms with Crippen LogP contribution in [0.2, 0.25) is 0 Å². The number of rotatable bonds is 9. The van der Waals surface area contributed by atoms with Crippen LogP contribution in [0.5, 0.6) is 0 Å². The van der Waals surface area contributed by atoms with Crippen molar-refractivity contribution in [3.8, 4) is 0 Å². The zero-order valence-corrected chi connectivity index (χ0v) is 22.1. The van der Waals surface area contributed by atoms with Crippen LogP contribution >= 0.6 is 24.2 Å². The summed E-state index contributed by atoms with van der Waals surface area (Å²) in [7, 11) is 1.91. The molecular formula is C22H45ClN2O7S. The number of likely N-dealkylation sites (N-methyl/N-ethyl adjacent to an activating group) is 1. The molecule has 198 valence electrons. The fourth-order valence-corrected chi connectivity index (χ4v) is 4.97. The van der Waals surface area contributed by atoms with Crippen LogP contribution in [0.15, 0.2) is 0 Å². The number of thioether (sulfide) groups is 1. The Morgan fingerprint density at radius 1 is 1.18 bits per heavy atom. The molecule has 33 heavy (non-hydrogen) atoms. The molecular weight excluding hydrogens is 472 g/mol. The molecule has 2 heterocycles. The lowest BCUT2D eigenvalue weighted by Crippen LogP contribution is -2.65. The standard InChI is InChI=1S/C18H34N2O6S.C4H10O.ClH/c1-5-6-10-7-11(20(3)8-10)17(25)19-12(9(2)21)16-14(23)13(22)15(24)18(26-16)27-4;1-2-3-4-5;/h9-16,18,21-24H,5-8H2,1-4H3,(H,19,25);5H,2-4H2,1H3;1H/t9?,10-,11+,12?,13+,14-,15-,16-,18-;;/m1../s1. The van der Waals surface area contributed by atoms with Crippen molar-refractivity contribution in [3.63, 3.8) is 0 Å². The normalized spacial score (nSPS) is 33.9. The molecule has 0 aromatic heterocycles. The maximum absolute atomic E-state index is 12.8. The van der Waals surface area contributed by atoms with Gasteiger partial charge in [0.1, 0.15) is 29.9 Å². The Hall–Kier alpha value is -0.170. The van der Waals surface area contributed by atoms with Crippen LogP contribution in [0.1, 0.15) is 52.9 Å². The SMILES string of the molecule is CCCCO.CCC[C@@H]1C[C@@H](C(=O)NC(C(C)O)[C@H]2O[C@H](SC)[C@H](O)[C@@H](O)[C@H]2O)N(C)C1.Cl. The van der Waals surface area contributed by atoms with E-state index in [1.54, 1.807) is 6.26 Å². The van der Waals surface area contributed by atoms with Gasteiger partial charge in [0.15, 0.2) is 0 Å². The summed E-state index contributed by atoms with van der Waals surface area (Å²) in [5, 5.41) is 51.6. The average Bonchev–Trinajstić information content (AvgIpc) is 3.12. The Kier molecular flexibility index (Phi) is 16.4. The lowest BCUT2D eigenvalue weighted by molar-refractivity contribution is -0.211. The highest BCUT2D eigenvalue weighted by molar-refractivity contribution is 7.99. The molecule has 1 amide bonds. The predicted molar refractivity (Wildman–Crippen MR) is 132 cm³/mol. The second kappa shape index (κ2) is 16.5. The van der Waals surface area contributed by atoms with E-state index in [1.807, 2.05) is 11.9 Å². The van der Waals surface area contributed by atoms with E-state index in [-0.39, 0.29) is 24.4 Å². The number of hydrogen-bond acceptors (Lipinski definition) is 9. The first-order valence-electron chi connectivity index (χ1n) is 11.6. The highest BCUT2D eigenvalue weighted by Gasteiger charge is 2.48. The molecule has 0 radical (unpaired) electrons. The maximum atomic E-state index is 12.8. The van der Waals surface area contributed by atoms with Crippen LogP contribution in [0.4, 0.5) is 0 Å². The van der Waals surface area contributed by atoms with Gasteiger partial charge in [-0.2, -0.15) is 0 Å². The van der Waals surface area contributed by atoms with E-state index in [1.165, 1.54) is 18.7 Å². The second-order valence-electron chi connectivity index (χ2n) is 8.87. The van der Waals surface area contributed by atoms with Crippen LogP contribution in [-0.2, 0) is 9.53 Å². The van der Waals surface area contributed by atoms with Gasteiger partial charge in [-0.3, -0.25) is 9.69 Å². The van der Waals surface area contributed by atoms with E-state index in [4.69, 9.17) is 9.84 Å². The van der Waals surface area contributed by atoms with Crippen molar-refractivity contribution in [1.82, 2.24) is 10.2 Å². The largest absolute Gasteiger partial charge is 0.396 e. The lowest BCUT2D eigenvalue weighted by atomic mass is 9.92. The smallest absolute Gasteiger partial charge is 0.237 e. The van der Waals surface area contributed by atoms with E-state index >= 15 is 0 Å². The molecule has 0 aromatic carbocycles. The molecule has 0 aliphatic carbocycles. The molecule has 2 saturated heterocycles. The molecule has 2 aliphatic heterocycles. The zero-order chi connectivity index (χ0) is 24.4. The number of halogens is 1. The minimum atomic E-state index is -1.42. The van der Waals surface area contributed by atoms with Crippen molar-refractivity contribution in [1.29, 1.82) is 0 Å². The molecule has 9 nitrogen and oxygen atoms in total. The highest BCUT2D eigenvalue weighted by Crippen LogP contribution is 2.30. The summed E-state index contributed by atoms with van der Waals surface area (Å²) < 4.78 is 5.72. The first-order valence-corrected chi connectivity index (χ1v) is 12.9. The van der Waals surface area contributed by atoms with E-state index in [0.717, 1.165) is 38.6 Å². The fourth-order valence-electron chi connectivity index (χ4n) is 4.29. The number of amides is 1. The van der Waals surface area contributed by atoms with Crippen LogP contribution in [0, 0.1) is 5.92 Å². The minimum absolute atomic E-state index is 0. The quantitative estimate of drug-likeness (QED) is 0.256. The van der Waals surface area contributed by atoms with E-state index in [2.05, 4.69) is 19.2 Å². The van der Waals surface area contributed by atoms with Crippen molar-refractivity contribution in [2.45, 2.75) is 101 Å². The van der Waals surface area contributed by atoms with Gasteiger partial charge in [0.2, 0.25) is 5.91 Å². The number of unbranched alkanes of at least 4 members (excludes halogenated alkanes) is 1. The molecule has 6 N–H and O–H groups in total. The number of carbonyl (C=O) groups is 1. The van der Waals surface area contributed by atoms with Gasteiger partial charge in [-0.25, -0.2) is 0 Å². The summed E-state index contributed by atoms with van der Waals surface area (Å²) >= 11 is 1.20. The maximum Gasteiger partial charge on any atom is 0.237 e. The zero-order valence-electron chi connectivity index (χ0n) is 20.5. The third kappa shape index (κ3) is 9.42. The molecule has 2 fully saturated rings. The summed E-state index contributed by atoms with van der Waals surface area (Å²) in [5.41, 5.74) is -0.755. The number of hydrogen-bond donors (Lipinski definition) is 6. The molecule has 2 unspecified atom stereocenters. The summed E-state index contributed by atoms with van der Waals surface area (Å²) in [6.07, 6.45) is 0.542. The van der Waals surface area contributed by atoms with Crippen LogP contribution in [-0.4, -0.2) is 111 Å². The minimum Gasteiger partial charge on any atom is -0.396 e. The van der Waals surface area contributed by atoms with Crippen molar-refractivity contribution < 1.29 is 35.1 Å². The average molecular weight is 517 g/mol. The number of nitrogens with zero attached hydrogens (tertiary/aromatic N) is 1. The number of carbonyl (C=O) groups excluding carboxylic acids is 1. The topological polar surface area (TPSA) is 143 Å². The number of aliphatic hydroxyl groups excluding tert-OH is 5. The van der Waals surface area contributed by atoms with Gasteiger partial charge in [-0.05, 0) is 45.4 Å².